The Bertz CT molecular complexity index is 386. The average Bonchev–Trinajstić information content (AvgIpc) is 2.85. The molecule has 0 bridgehead atoms. The van der Waals surface area contributed by atoms with Gasteiger partial charge in [0.15, 0.2) is 0 Å². The standard InChI is InChI=1S/C11H17N3O2/c1-7(2)14-6-12-5-9(14)8-3-4-13-10(8)11(15)16/h5-8,10,13H,3-4H2,1-2H3,(H,15,16). The Kier molecular flexibility index (Phi) is 2.96. The van der Waals surface area contributed by atoms with E-state index < -0.39 is 12.0 Å². The summed E-state index contributed by atoms with van der Waals surface area (Å²) in [7, 11) is 0. The van der Waals surface area contributed by atoms with Crippen molar-refractivity contribution in [1.82, 2.24) is 14.9 Å². The molecule has 2 rings (SSSR count). The highest BCUT2D eigenvalue weighted by Crippen LogP contribution is 2.29. The maximum atomic E-state index is 11.1. The Hall–Kier alpha value is -1.36. The Labute approximate surface area is 94.5 Å². The summed E-state index contributed by atoms with van der Waals surface area (Å²) in [5.41, 5.74) is 1.02. The molecule has 5 nitrogen and oxygen atoms in total. The lowest BCUT2D eigenvalue weighted by Crippen LogP contribution is -2.35. The summed E-state index contributed by atoms with van der Waals surface area (Å²) >= 11 is 0. The maximum absolute atomic E-state index is 11.1. The van der Waals surface area contributed by atoms with Crippen molar-refractivity contribution in [2.24, 2.45) is 0 Å². The molecule has 1 aliphatic heterocycles. The molecule has 16 heavy (non-hydrogen) atoms. The summed E-state index contributed by atoms with van der Waals surface area (Å²) in [6, 6.07) is -0.165. The minimum Gasteiger partial charge on any atom is -0.480 e. The van der Waals surface area contributed by atoms with E-state index in [1.165, 1.54) is 0 Å². The molecule has 2 atom stereocenters. The molecule has 0 radical (unpaired) electrons. The lowest BCUT2D eigenvalue weighted by molar-refractivity contribution is -0.139. The second-order valence-corrected chi connectivity index (χ2v) is 4.48. The predicted molar refractivity (Wildman–Crippen MR) is 59.4 cm³/mol. The summed E-state index contributed by atoms with van der Waals surface area (Å²) in [6.07, 6.45) is 4.42. The van der Waals surface area contributed by atoms with Crippen LogP contribution in [0.5, 0.6) is 0 Å². The van der Waals surface area contributed by atoms with Gasteiger partial charge in [-0.3, -0.25) is 4.79 Å². The van der Waals surface area contributed by atoms with Crippen molar-refractivity contribution in [1.29, 1.82) is 0 Å². The van der Waals surface area contributed by atoms with Crippen molar-refractivity contribution < 1.29 is 9.90 Å². The lowest BCUT2D eigenvalue weighted by Gasteiger charge is -2.19. The number of carboxylic acids is 1. The molecule has 0 amide bonds. The number of aliphatic carboxylic acids is 1. The van der Waals surface area contributed by atoms with Crippen LogP contribution in [-0.2, 0) is 4.79 Å². The molecule has 0 aliphatic carbocycles. The molecule has 2 unspecified atom stereocenters. The summed E-state index contributed by atoms with van der Waals surface area (Å²) in [6.45, 7) is 4.90. The van der Waals surface area contributed by atoms with Crippen LogP contribution in [0.25, 0.3) is 0 Å². The van der Waals surface area contributed by atoms with Crippen molar-refractivity contribution in [2.45, 2.75) is 38.3 Å². The number of rotatable bonds is 3. The van der Waals surface area contributed by atoms with Gasteiger partial charge in [-0.2, -0.15) is 0 Å². The first kappa shape index (κ1) is 11.1. The van der Waals surface area contributed by atoms with Gasteiger partial charge in [0, 0.05) is 23.9 Å². The lowest BCUT2D eigenvalue weighted by atomic mass is 9.97. The van der Waals surface area contributed by atoms with Gasteiger partial charge in [-0.25, -0.2) is 4.98 Å². The van der Waals surface area contributed by atoms with Crippen LogP contribution in [0.15, 0.2) is 12.5 Å². The van der Waals surface area contributed by atoms with Gasteiger partial charge in [-0.1, -0.05) is 0 Å². The minimum atomic E-state index is -0.779. The number of carbonyl (C=O) groups is 1. The van der Waals surface area contributed by atoms with Gasteiger partial charge >= 0.3 is 5.97 Å². The topological polar surface area (TPSA) is 67.2 Å². The smallest absolute Gasteiger partial charge is 0.321 e. The second kappa shape index (κ2) is 4.25. The van der Waals surface area contributed by atoms with Crippen LogP contribution in [0.3, 0.4) is 0 Å². The fourth-order valence-corrected chi connectivity index (χ4v) is 2.31. The summed E-state index contributed by atoms with van der Waals surface area (Å²) < 4.78 is 2.05. The predicted octanol–water partition coefficient (Wildman–Crippen LogP) is 0.994. The van der Waals surface area contributed by atoms with Gasteiger partial charge < -0.3 is 15.0 Å². The van der Waals surface area contributed by atoms with Crippen LogP contribution in [0, 0.1) is 0 Å². The molecule has 0 saturated carbocycles. The fourth-order valence-electron chi connectivity index (χ4n) is 2.31. The molecule has 0 aromatic carbocycles. The molecule has 88 valence electrons. The Morgan fingerprint density at radius 1 is 1.69 bits per heavy atom. The quantitative estimate of drug-likeness (QED) is 0.802. The van der Waals surface area contributed by atoms with Gasteiger partial charge in [-0.05, 0) is 26.8 Å². The molecule has 1 aromatic rings. The molecule has 5 heteroatoms. The van der Waals surface area contributed by atoms with E-state index in [1.54, 1.807) is 12.5 Å². The number of carboxylic acid groups (broad SMARTS) is 1. The van der Waals surface area contributed by atoms with E-state index in [0.29, 0.717) is 6.04 Å². The summed E-state index contributed by atoms with van der Waals surface area (Å²) in [4.78, 5) is 15.2. The Morgan fingerprint density at radius 2 is 2.44 bits per heavy atom. The highest BCUT2D eigenvalue weighted by atomic mass is 16.4. The first-order valence-electron chi connectivity index (χ1n) is 5.59. The normalized spacial score (nSPS) is 25.2. The third-order valence-corrected chi connectivity index (χ3v) is 3.12. The number of imidazole rings is 1. The van der Waals surface area contributed by atoms with E-state index in [0.717, 1.165) is 18.7 Å². The number of nitrogens with zero attached hydrogens (tertiary/aromatic N) is 2. The highest BCUT2D eigenvalue weighted by Gasteiger charge is 2.35. The number of nitrogens with one attached hydrogen (secondary N) is 1. The zero-order chi connectivity index (χ0) is 11.7. The molecule has 1 fully saturated rings. The fraction of sp³-hybridized carbons (Fsp3) is 0.636. The van der Waals surface area contributed by atoms with Gasteiger partial charge in [0.05, 0.1) is 6.33 Å². The SMILES string of the molecule is CC(C)n1cncc1C1CCNC1C(=O)O. The van der Waals surface area contributed by atoms with E-state index in [9.17, 15) is 4.79 Å². The van der Waals surface area contributed by atoms with Crippen molar-refractivity contribution in [2.75, 3.05) is 6.54 Å². The monoisotopic (exact) mass is 223 g/mol. The Balaban J connectivity index is 2.29. The van der Waals surface area contributed by atoms with Gasteiger partial charge in [-0.15, -0.1) is 0 Å². The number of aromatic nitrogens is 2. The zero-order valence-corrected chi connectivity index (χ0v) is 9.55. The minimum absolute atomic E-state index is 0.0300. The van der Waals surface area contributed by atoms with E-state index in [1.807, 2.05) is 4.57 Å². The van der Waals surface area contributed by atoms with Crippen molar-refractivity contribution in [3.8, 4) is 0 Å². The highest BCUT2D eigenvalue weighted by molar-refractivity contribution is 5.75. The van der Waals surface area contributed by atoms with E-state index >= 15 is 0 Å². The first-order chi connectivity index (χ1) is 7.61. The molecular formula is C11H17N3O2. The molecule has 2 heterocycles. The van der Waals surface area contributed by atoms with E-state index in [2.05, 4.69) is 24.1 Å². The van der Waals surface area contributed by atoms with Gasteiger partial charge in [0.25, 0.3) is 0 Å². The van der Waals surface area contributed by atoms with E-state index in [-0.39, 0.29) is 5.92 Å². The van der Waals surface area contributed by atoms with Crippen LogP contribution in [0.4, 0.5) is 0 Å². The van der Waals surface area contributed by atoms with Gasteiger partial charge in [0.2, 0.25) is 0 Å². The average molecular weight is 223 g/mol. The zero-order valence-electron chi connectivity index (χ0n) is 9.55. The van der Waals surface area contributed by atoms with E-state index in [4.69, 9.17) is 5.11 Å². The van der Waals surface area contributed by atoms with Crippen LogP contribution < -0.4 is 5.32 Å². The van der Waals surface area contributed by atoms with Crippen LogP contribution in [0.2, 0.25) is 0 Å². The second-order valence-electron chi connectivity index (χ2n) is 4.48. The maximum Gasteiger partial charge on any atom is 0.321 e. The molecule has 1 aromatic heterocycles. The van der Waals surface area contributed by atoms with Crippen molar-refractivity contribution >= 4 is 5.97 Å². The van der Waals surface area contributed by atoms with Gasteiger partial charge in [0.1, 0.15) is 6.04 Å². The summed E-state index contributed by atoms with van der Waals surface area (Å²) in [5.74, 6) is -0.749. The first-order valence-corrected chi connectivity index (χ1v) is 5.59. The van der Waals surface area contributed by atoms with Crippen molar-refractivity contribution in [3.05, 3.63) is 18.2 Å². The number of hydrogen-bond donors (Lipinski definition) is 2. The third kappa shape index (κ3) is 1.82. The molecule has 0 spiro atoms. The van der Waals surface area contributed by atoms with Crippen LogP contribution >= 0.6 is 0 Å². The molecule has 1 aliphatic rings. The van der Waals surface area contributed by atoms with Crippen LogP contribution in [0.1, 0.15) is 37.9 Å². The van der Waals surface area contributed by atoms with Crippen LogP contribution in [-0.4, -0.2) is 33.2 Å². The molecule has 2 N–H and O–H groups in total. The Morgan fingerprint density at radius 3 is 3.06 bits per heavy atom. The third-order valence-electron chi connectivity index (χ3n) is 3.12. The molecular weight excluding hydrogens is 206 g/mol. The summed E-state index contributed by atoms with van der Waals surface area (Å²) in [5, 5.41) is 12.1. The molecule has 1 saturated heterocycles. The number of hydrogen-bond acceptors (Lipinski definition) is 3. The van der Waals surface area contributed by atoms with Crippen molar-refractivity contribution in [3.63, 3.8) is 0 Å². The largest absolute Gasteiger partial charge is 0.480 e.